The third-order valence-corrected chi connectivity index (χ3v) is 4.30. The highest BCUT2D eigenvalue weighted by atomic mass is 35.5. The maximum atomic E-state index is 12.1. The monoisotopic (exact) mass is 381 g/mol. The molecular formula is C17H17Cl2N3O3. The van der Waals surface area contributed by atoms with Gasteiger partial charge in [0.2, 0.25) is 0 Å². The van der Waals surface area contributed by atoms with Gasteiger partial charge >= 0.3 is 0 Å². The van der Waals surface area contributed by atoms with Crippen molar-refractivity contribution in [3.05, 3.63) is 57.4 Å². The average molecular weight is 382 g/mol. The minimum Gasteiger partial charge on any atom is -0.482 e. The van der Waals surface area contributed by atoms with Crippen molar-refractivity contribution >= 4 is 29.1 Å². The molecule has 0 unspecified atom stereocenters. The van der Waals surface area contributed by atoms with Crippen LogP contribution >= 0.6 is 23.2 Å². The summed E-state index contributed by atoms with van der Waals surface area (Å²) >= 11 is 12.1. The molecule has 1 aromatic carbocycles. The number of halogens is 2. The lowest BCUT2D eigenvalue weighted by Gasteiger charge is -2.13. The van der Waals surface area contributed by atoms with Crippen molar-refractivity contribution in [2.75, 3.05) is 19.6 Å². The van der Waals surface area contributed by atoms with Crippen LogP contribution in [0.1, 0.15) is 22.7 Å². The summed E-state index contributed by atoms with van der Waals surface area (Å²) in [5.74, 6) is 0.485. The number of rotatable bonds is 6. The molecule has 0 atom stereocenters. The van der Waals surface area contributed by atoms with Gasteiger partial charge in [0.15, 0.2) is 17.2 Å². The summed E-state index contributed by atoms with van der Waals surface area (Å²) in [4.78, 5) is 12.1. The van der Waals surface area contributed by atoms with Crippen LogP contribution in [0.25, 0.3) is 0 Å². The van der Waals surface area contributed by atoms with Crippen LogP contribution < -0.4 is 15.4 Å². The van der Waals surface area contributed by atoms with E-state index >= 15 is 0 Å². The fraction of sp³-hybridized carbons (Fsp3) is 0.294. The first-order chi connectivity index (χ1) is 12.1. The molecule has 6 nitrogen and oxygen atoms in total. The molecule has 0 saturated carbocycles. The number of aromatic nitrogens is 1. The number of amides is 1. The van der Waals surface area contributed by atoms with Gasteiger partial charge < -0.3 is 19.9 Å². The standard InChI is InChI=1S/C17H17Cl2N3O3/c18-13-2-1-3-14(19)16(13)24-10-12-8-15(22-25-12)17(23)21-9-11-4-6-20-7-5-11/h1-4,8,20H,5-7,9-10H2,(H,21,23). The Morgan fingerprint density at radius 1 is 1.36 bits per heavy atom. The number of ether oxygens (including phenoxy) is 1. The summed E-state index contributed by atoms with van der Waals surface area (Å²) < 4.78 is 10.7. The molecule has 0 spiro atoms. The van der Waals surface area contributed by atoms with E-state index in [1.165, 1.54) is 11.6 Å². The summed E-state index contributed by atoms with van der Waals surface area (Å²) in [6.45, 7) is 2.34. The molecule has 25 heavy (non-hydrogen) atoms. The Morgan fingerprint density at radius 2 is 2.16 bits per heavy atom. The maximum absolute atomic E-state index is 12.1. The number of carbonyl (C=O) groups excluding carboxylic acids is 1. The number of hydrogen-bond acceptors (Lipinski definition) is 5. The quantitative estimate of drug-likeness (QED) is 0.751. The van der Waals surface area contributed by atoms with Gasteiger partial charge in [-0.2, -0.15) is 0 Å². The summed E-state index contributed by atoms with van der Waals surface area (Å²) in [5, 5.41) is 10.6. The van der Waals surface area contributed by atoms with Crippen LogP contribution in [0.15, 0.2) is 40.4 Å². The van der Waals surface area contributed by atoms with Gasteiger partial charge in [-0.05, 0) is 25.1 Å². The largest absolute Gasteiger partial charge is 0.482 e. The van der Waals surface area contributed by atoms with E-state index in [0.29, 0.717) is 28.1 Å². The van der Waals surface area contributed by atoms with E-state index in [1.807, 2.05) is 0 Å². The Bertz CT molecular complexity index is 769. The highest BCUT2D eigenvalue weighted by Crippen LogP contribution is 2.32. The Balaban J connectivity index is 1.54. The first-order valence-corrected chi connectivity index (χ1v) is 8.58. The van der Waals surface area contributed by atoms with Crippen LogP contribution in [0.2, 0.25) is 10.0 Å². The van der Waals surface area contributed by atoms with Crippen molar-refractivity contribution in [2.24, 2.45) is 0 Å². The molecule has 3 rings (SSSR count). The lowest BCUT2D eigenvalue weighted by atomic mass is 10.1. The van der Waals surface area contributed by atoms with Crippen LogP contribution in [0.4, 0.5) is 0 Å². The Labute approximate surface area is 155 Å². The predicted molar refractivity (Wildman–Crippen MR) is 95.2 cm³/mol. The third-order valence-electron chi connectivity index (χ3n) is 3.70. The topological polar surface area (TPSA) is 76.4 Å². The number of benzene rings is 1. The van der Waals surface area contributed by atoms with Gasteiger partial charge in [-0.25, -0.2) is 0 Å². The number of nitrogens with zero attached hydrogens (tertiary/aromatic N) is 1. The average Bonchev–Trinajstić information content (AvgIpc) is 3.09. The van der Waals surface area contributed by atoms with Gasteiger partial charge in [0.1, 0.15) is 6.61 Å². The highest BCUT2D eigenvalue weighted by molar-refractivity contribution is 6.37. The van der Waals surface area contributed by atoms with Gasteiger partial charge in [-0.3, -0.25) is 4.79 Å². The van der Waals surface area contributed by atoms with Crippen LogP contribution in [0.3, 0.4) is 0 Å². The molecule has 2 aromatic rings. The number of hydrogen-bond donors (Lipinski definition) is 2. The summed E-state index contributed by atoms with van der Waals surface area (Å²) in [5.41, 5.74) is 1.41. The van der Waals surface area contributed by atoms with E-state index < -0.39 is 0 Å². The molecule has 1 amide bonds. The summed E-state index contributed by atoms with van der Waals surface area (Å²) in [6.07, 6.45) is 3.01. The molecule has 0 radical (unpaired) electrons. The zero-order valence-electron chi connectivity index (χ0n) is 13.4. The molecule has 0 bridgehead atoms. The van der Waals surface area contributed by atoms with Crippen molar-refractivity contribution in [1.82, 2.24) is 15.8 Å². The van der Waals surface area contributed by atoms with E-state index in [1.54, 1.807) is 18.2 Å². The predicted octanol–water partition coefficient (Wildman–Crippen LogP) is 3.21. The molecule has 0 saturated heterocycles. The van der Waals surface area contributed by atoms with Crippen molar-refractivity contribution in [2.45, 2.75) is 13.0 Å². The normalized spacial score (nSPS) is 14.1. The molecular weight excluding hydrogens is 365 g/mol. The minimum atomic E-state index is -0.287. The van der Waals surface area contributed by atoms with Gasteiger partial charge in [-0.15, -0.1) is 0 Å². The van der Waals surface area contributed by atoms with Crippen molar-refractivity contribution in [3.8, 4) is 5.75 Å². The Hall–Kier alpha value is -2.02. The number of carbonyl (C=O) groups is 1. The first-order valence-electron chi connectivity index (χ1n) is 7.82. The van der Waals surface area contributed by atoms with E-state index in [4.69, 9.17) is 32.5 Å². The van der Waals surface area contributed by atoms with Gasteiger partial charge in [0, 0.05) is 19.2 Å². The zero-order valence-corrected chi connectivity index (χ0v) is 14.9. The SMILES string of the molecule is O=C(NCC1=CCNCC1)c1cc(COc2c(Cl)cccc2Cl)on1. The molecule has 1 aromatic heterocycles. The second kappa shape index (κ2) is 8.38. The lowest BCUT2D eigenvalue weighted by molar-refractivity contribution is 0.0947. The Kier molecular flexibility index (Phi) is 5.96. The molecule has 2 N–H and O–H groups in total. The maximum Gasteiger partial charge on any atom is 0.273 e. The lowest BCUT2D eigenvalue weighted by Crippen LogP contribution is -2.29. The molecule has 0 aliphatic carbocycles. The van der Waals surface area contributed by atoms with Gasteiger partial charge in [0.05, 0.1) is 10.0 Å². The number of nitrogens with one attached hydrogen (secondary N) is 2. The zero-order chi connectivity index (χ0) is 17.6. The summed E-state index contributed by atoms with van der Waals surface area (Å²) in [6, 6.07) is 6.62. The van der Waals surface area contributed by atoms with E-state index in [0.717, 1.165) is 19.5 Å². The van der Waals surface area contributed by atoms with Crippen molar-refractivity contribution in [1.29, 1.82) is 0 Å². The minimum absolute atomic E-state index is 0.0700. The van der Waals surface area contributed by atoms with Crippen LogP contribution in [0.5, 0.6) is 5.75 Å². The van der Waals surface area contributed by atoms with Gasteiger partial charge in [0.25, 0.3) is 5.91 Å². The summed E-state index contributed by atoms with van der Waals surface area (Å²) in [7, 11) is 0. The molecule has 8 heteroatoms. The fourth-order valence-electron chi connectivity index (χ4n) is 2.37. The van der Waals surface area contributed by atoms with Crippen LogP contribution in [0, 0.1) is 0 Å². The highest BCUT2D eigenvalue weighted by Gasteiger charge is 2.15. The van der Waals surface area contributed by atoms with Crippen molar-refractivity contribution in [3.63, 3.8) is 0 Å². The van der Waals surface area contributed by atoms with Crippen LogP contribution in [-0.2, 0) is 6.61 Å². The molecule has 132 valence electrons. The fourth-order valence-corrected chi connectivity index (χ4v) is 2.87. The molecule has 1 aliphatic heterocycles. The first kappa shape index (κ1) is 17.8. The number of para-hydroxylation sites is 1. The molecule has 1 aliphatic rings. The van der Waals surface area contributed by atoms with E-state index in [2.05, 4.69) is 21.9 Å². The second-order valence-corrected chi connectivity index (χ2v) is 6.33. The van der Waals surface area contributed by atoms with Crippen LogP contribution in [-0.4, -0.2) is 30.7 Å². The van der Waals surface area contributed by atoms with E-state index in [9.17, 15) is 4.79 Å². The Morgan fingerprint density at radius 3 is 2.88 bits per heavy atom. The molecule has 0 fully saturated rings. The molecule has 2 heterocycles. The van der Waals surface area contributed by atoms with E-state index in [-0.39, 0.29) is 18.2 Å². The second-order valence-electron chi connectivity index (χ2n) is 5.52. The van der Waals surface area contributed by atoms with Crippen molar-refractivity contribution < 1.29 is 14.1 Å². The smallest absolute Gasteiger partial charge is 0.273 e. The van der Waals surface area contributed by atoms with Gasteiger partial charge in [-0.1, -0.05) is 46.1 Å². The third kappa shape index (κ3) is 4.75.